The third-order valence-corrected chi connectivity index (χ3v) is 23.7. The van der Waals surface area contributed by atoms with E-state index in [1.54, 1.807) is 96.0 Å². The van der Waals surface area contributed by atoms with Gasteiger partial charge in [-0.1, -0.05) is 132 Å². The zero-order chi connectivity index (χ0) is 95.0. The monoisotopic (exact) mass is 1840 g/mol. The highest BCUT2D eigenvalue weighted by atomic mass is 19.4. The molecule has 0 atom stereocenters. The van der Waals surface area contributed by atoms with Crippen LogP contribution in [-0.4, -0.2) is 132 Å². The van der Waals surface area contributed by atoms with E-state index in [1.807, 2.05) is 155 Å². The summed E-state index contributed by atoms with van der Waals surface area (Å²) in [5, 5.41) is 12.3. The molecule has 6 aromatic carbocycles. The Balaban J connectivity index is 0.0000000998. The number of imidazole rings is 3. The van der Waals surface area contributed by atoms with Crippen molar-refractivity contribution < 1.29 is 17.6 Å². The van der Waals surface area contributed by atoms with Gasteiger partial charge in [0.05, 0.1) is 39.7 Å². The van der Waals surface area contributed by atoms with E-state index in [0.717, 1.165) is 130 Å². The third-order valence-electron chi connectivity index (χ3n) is 23.7. The normalized spacial score (nSPS) is 12.2. The molecule has 2 aliphatic carbocycles. The van der Waals surface area contributed by atoms with E-state index in [4.69, 9.17) is 0 Å². The maximum absolute atomic E-state index is 13.5. The van der Waals surface area contributed by atoms with Gasteiger partial charge >= 0.3 is 6.18 Å². The molecule has 680 valence electrons. The number of aryl methyl sites for hydroxylation is 3. The van der Waals surface area contributed by atoms with E-state index in [2.05, 4.69) is 234 Å². The Morgan fingerprint density at radius 1 is 0.257 bits per heavy atom. The molecule has 0 amide bonds. The standard InChI is InChI=1S/C20H16N4.C19H15N5.C18H13FN4.C18H14N4.C17H10F3N5.C17H13N5/c1-3-15(14-6-7-14)11-16(4-1)19-18(5-2-8-21-19)17-12-23-20-22-9-10-24(20)13-17;1-3-14(13-6-7-13)9-15(4-1)18-17(5-2-8-20-18)16-10-21-19-22-12-23-24(19)11-16;1-12-9-13(4-5-16(12)19)17-15(3-2-6-20-17)14-10-22-18-21-7-8-23(18)11-14;1-13-4-2-5-14(10-13)17-16(6-3-7-19-17)15-11-21-18-20-8-9-22(18)12-15;18-17(19,20)13-4-1-3-11(7-13)15-14(5-2-6-21-15)12-8-22-16-23-10-24-25(16)9-12;1-12-4-2-5-13(8-12)16-15(6-3-7-18-16)14-9-19-17-20-11-21-22(17)10-14/h1-5,8-14H,6-7H2;1-5,8-13H,6-7H2;2-11H,1H3;2-12H,1H3;1-10H;2-11H,1H3. The number of benzene rings is 6. The first-order valence-electron chi connectivity index (χ1n) is 45.0. The molecule has 27 nitrogen and oxygen atoms in total. The summed E-state index contributed by atoms with van der Waals surface area (Å²) < 4.78 is 63.1. The van der Waals surface area contributed by atoms with Crippen LogP contribution in [0.1, 0.15) is 70.9 Å². The van der Waals surface area contributed by atoms with Crippen LogP contribution >= 0.6 is 0 Å². The topological polar surface area (TPSA) is 297 Å². The third kappa shape index (κ3) is 19.6. The van der Waals surface area contributed by atoms with Crippen molar-refractivity contribution in [3.05, 3.63) is 419 Å². The zero-order valence-corrected chi connectivity index (χ0v) is 75.4. The van der Waals surface area contributed by atoms with Crippen molar-refractivity contribution in [1.29, 1.82) is 0 Å². The minimum absolute atomic E-state index is 0.215. The maximum atomic E-state index is 13.5. The van der Waals surface area contributed by atoms with E-state index in [-0.39, 0.29) is 5.82 Å². The molecule has 0 N–H and O–H groups in total. The summed E-state index contributed by atoms with van der Waals surface area (Å²) in [6, 6.07) is 67.8. The fourth-order valence-electron chi connectivity index (χ4n) is 16.6. The molecule has 2 fully saturated rings. The van der Waals surface area contributed by atoms with Crippen LogP contribution in [0, 0.1) is 26.6 Å². The van der Waals surface area contributed by atoms with Gasteiger partial charge in [-0.15, -0.1) is 0 Å². The highest BCUT2D eigenvalue weighted by Crippen LogP contribution is 2.45. The first-order valence-corrected chi connectivity index (χ1v) is 45.0. The molecule has 31 heteroatoms. The number of rotatable bonds is 14. The number of hydrogen-bond donors (Lipinski definition) is 0. The van der Waals surface area contributed by atoms with Crippen molar-refractivity contribution in [1.82, 2.24) is 132 Å². The molecule has 0 unspecified atom stereocenters. The highest BCUT2D eigenvalue weighted by molar-refractivity contribution is 5.86. The molecular formula is C109H81F4N27. The largest absolute Gasteiger partial charge is 0.416 e. The quantitative estimate of drug-likeness (QED) is 0.0913. The number of pyridine rings is 6. The smallest absolute Gasteiger partial charge is 0.291 e. The lowest BCUT2D eigenvalue weighted by molar-refractivity contribution is -0.137. The van der Waals surface area contributed by atoms with Gasteiger partial charge in [-0.05, 0) is 166 Å². The van der Waals surface area contributed by atoms with Crippen molar-refractivity contribution in [2.75, 3.05) is 0 Å². The molecule has 0 spiro atoms. The molecule has 2 aliphatic rings. The van der Waals surface area contributed by atoms with Crippen molar-refractivity contribution in [2.45, 2.75) is 64.5 Å². The Morgan fingerprint density at radius 3 is 0.864 bits per heavy atom. The number of fused-ring (bicyclic) bond motifs is 6. The predicted molar refractivity (Wildman–Crippen MR) is 526 cm³/mol. The van der Waals surface area contributed by atoms with Gasteiger partial charge in [0.2, 0.25) is 17.3 Å². The van der Waals surface area contributed by atoms with Crippen molar-refractivity contribution in [2.24, 2.45) is 0 Å². The minimum atomic E-state index is -4.41. The fraction of sp³-hybridized carbons (Fsp3) is 0.0917. The van der Waals surface area contributed by atoms with Gasteiger partial charge in [0.15, 0.2) is 0 Å². The first-order chi connectivity index (χ1) is 68.6. The molecule has 18 heterocycles. The summed E-state index contributed by atoms with van der Waals surface area (Å²) in [4.78, 5) is 78.0. The number of halogens is 4. The average Bonchev–Trinajstić information content (AvgIpc) is 1.57. The molecule has 0 saturated heterocycles. The van der Waals surface area contributed by atoms with Crippen LogP contribution in [0.15, 0.2) is 380 Å². The van der Waals surface area contributed by atoms with E-state index < -0.39 is 11.7 Å². The van der Waals surface area contributed by atoms with E-state index in [1.165, 1.54) is 89.1 Å². The lowest BCUT2D eigenvalue weighted by Gasteiger charge is -2.11. The first kappa shape index (κ1) is 88.1. The highest BCUT2D eigenvalue weighted by Gasteiger charge is 2.32. The van der Waals surface area contributed by atoms with Crippen LogP contribution < -0.4 is 0 Å². The second-order valence-electron chi connectivity index (χ2n) is 33.5. The zero-order valence-electron chi connectivity index (χ0n) is 75.4. The summed E-state index contributed by atoms with van der Waals surface area (Å²) >= 11 is 0. The molecule has 2 saturated carbocycles. The molecule has 0 radical (unpaired) electrons. The number of aromatic nitrogens is 27. The van der Waals surface area contributed by atoms with Gasteiger partial charge in [-0.3, -0.25) is 43.1 Å². The average molecular weight is 1850 g/mol. The summed E-state index contributed by atoms with van der Waals surface area (Å²) in [5.74, 6) is 4.93. The van der Waals surface area contributed by atoms with Crippen LogP contribution in [0.5, 0.6) is 0 Å². The van der Waals surface area contributed by atoms with Gasteiger partial charge in [-0.2, -0.15) is 43.4 Å². The number of nitrogens with zero attached hydrogens (tertiary/aromatic N) is 27. The number of alkyl halides is 3. The molecule has 26 rings (SSSR count). The fourth-order valence-corrected chi connectivity index (χ4v) is 16.6. The lowest BCUT2D eigenvalue weighted by Crippen LogP contribution is -2.04. The summed E-state index contributed by atoms with van der Waals surface area (Å²) in [7, 11) is 0. The summed E-state index contributed by atoms with van der Waals surface area (Å²) in [6.07, 6.45) is 49.0. The Bertz CT molecular complexity index is 8280. The molecule has 0 bridgehead atoms. The molecule has 140 heavy (non-hydrogen) atoms. The van der Waals surface area contributed by atoms with Gasteiger partial charge < -0.3 is 0 Å². The van der Waals surface area contributed by atoms with Crippen molar-refractivity contribution in [3.63, 3.8) is 0 Å². The predicted octanol–water partition coefficient (Wildman–Crippen LogP) is 22.8. The Hall–Kier alpha value is -18.6. The van der Waals surface area contributed by atoms with E-state index in [0.29, 0.717) is 62.6 Å². The van der Waals surface area contributed by atoms with Crippen molar-refractivity contribution >= 4 is 34.7 Å². The molecule has 24 aromatic rings. The minimum Gasteiger partial charge on any atom is -0.291 e. The summed E-state index contributed by atoms with van der Waals surface area (Å²) in [6.45, 7) is 5.92. The van der Waals surface area contributed by atoms with Crippen LogP contribution in [-0.2, 0) is 6.18 Å². The second kappa shape index (κ2) is 39.2. The van der Waals surface area contributed by atoms with Crippen LogP contribution in [0.2, 0.25) is 0 Å². The molecule has 18 aromatic heterocycles. The van der Waals surface area contributed by atoms with Crippen molar-refractivity contribution in [3.8, 4) is 134 Å². The number of hydrogen-bond acceptors (Lipinski definition) is 21. The molecular weight excluding hydrogens is 1760 g/mol. The van der Waals surface area contributed by atoms with E-state index >= 15 is 0 Å². The van der Waals surface area contributed by atoms with Gasteiger partial charge in [0, 0.05) is 249 Å². The van der Waals surface area contributed by atoms with Crippen LogP contribution in [0.3, 0.4) is 0 Å². The summed E-state index contributed by atoms with van der Waals surface area (Å²) in [5.41, 5.74) is 27.5. The Labute approximate surface area is 797 Å². The van der Waals surface area contributed by atoms with Gasteiger partial charge in [-0.25, -0.2) is 62.8 Å². The maximum Gasteiger partial charge on any atom is 0.416 e. The van der Waals surface area contributed by atoms with Crippen LogP contribution in [0.4, 0.5) is 17.6 Å². The lowest BCUT2D eigenvalue weighted by atomic mass is 9.99. The molecule has 0 aliphatic heterocycles. The van der Waals surface area contributed by atoms with Crippen LogP contribution in [0.25, 0.3) is 169 Å². The second-order valence-corrected chi connectivity index (χ2v) is 33.5. The Morgan fingerprint density at radius 2 is 0.550 bits per heavy atom. The SMILES string of the molecule is Cc1cc(-c2ncccc2-c2cnc3nccn3c2)ccc1F.Cc1cccc(-c2ncccc2-c2cnc3nccn3c2)c1.Cc1cccc(-c2ncccc2-c2cnc3ncnn3c2)c1.FC(F)(F)c1cccc(-c2ncccc2-c2cnc3ncnn3c2)c1.c1cc(-c2ncccc2-c2cnc3nccn3c2)cc(C2CC2)c1.c1cc(-c2ncccc2-c2cnc3ncnn3c2)cc(C2CC2)c1. The Kier molecular flexibility index (Phi) is 24.6. The van der Waals surface area contributed by atoms with E-state index in [9.17, 15) is 17.6 Å². The van der Waals surface area contributed by atoms with Gasteiger partial charge in [0.1, 0.15) is 24.8 Å². The van der Waals surface area contributed by atoms with Gasteiger partial charge in [0.25, 0.3) is 17.3 Å².